The minimum atomic E-state index is -0.854. The first-order valence-electron chi connectivity index (χ1n) is 5.47. The van der Waals surface area contributed by atoms with Crippen molar-refractivity contribution in [2.24, 2.45) is 0 Å². The highest BCUT2D eigenvalue weighted by molar-refractivity contribution is 7.12. The zero-order chi connectivity index (χ0) is 12.5. The molecule has 0 radical (unpaired) electrons. The third-order valence-electron chi connectivity index (χ3n) is 2.67. The topological polar surface area (TPSA) is 59.1 Å². The van der Waals surface area contributed by atoms with E-state index >= 15 is 0 Å². The summed E-state index contributed by atoms with van der Waals surface area (Å²) in [4.78, 5) is 6.13. The molecule has 0 aromatic carbocycles. The summed E-state index contributed by atoms with van der Waals surface area (Å²) >= 11 is 1.62. The number of hydrogen-bond donors (Lipinski definition) is 2. The summed E-state index contributed by atoms with van der Waals surface area (Å²) in [5.41, 5.74) is 5.77. The van der Waals surface area contributed by atoms with E-state index in [0.717, 1.165) is 10.4 Å². The van der Waals surface area contributed by atoms with Crippen molar-refractivity contribution in [1.82, 2.24) is 4.98 Å². The monoisotopic (exact) mass is 248 g/mol. The fraction of sp³-hybridized carbons (Fsp3) is 0.308. The first kappa shape index (κ1) is 12.1. The van der Waals surface area contributed by atoms with Crippen LogP contribution in [0.25, 0.3) is 0 Å². The van der Waals surface area contributed by atoms with Crippen LogP contribution >= 0.6 is 11.3 Å². The summed E-state index contributed by atoms with van der Waals surface area (Å²) in [6.07, 6.45) is 2.21. The number of aromatic nitrogens is 1. The summed E-state index contributed by atoms with van der Waals surface area (Å²) in [6.45, 7) is 3.86. The van der Waals surface area contributed by atoms with Crippen LogP contribution in [0.15, 0.2) is 30.5 Å². The highest BCUT2D eigenvalue weighted by Gasteiger charge is 2.25. The minimum Gasteiger partial charge on any atom is -0.384 e. The van der Waals surface area contributed by atoms with Gasteiger partial charge in [-0.05, 0) is 43.7 Å². The second-order valence-electron chi connectivity index (χ2n) is 4.45. The Kier molecular flexibility index (Phi) is 3.17. The van der Waals surface area contributed by atoms with Crippen molar-refractivity contribution < 1.29 is 5.11 Å². The molecule has 0 spiro atoms. The lowest BCUT2D eigenvalue weighted by Crippen LogP contribution is -2.22. The largest absolute Gasteiger partial charge is 0.384 e. The van der Waals surface area contributed by atoms with Crippen LogP contribution in [0.4, 0.5) is 5.82 Å². The lowest BCUT2D eigenvalue weighted by Gasteiger charge is -2.22. The van der Waals surface area contributed by atoms with Gasteiger partial charge in [-0.15, -0.1) is 11.3 Å². The van der Waals surface area contributed by atoms with Gasteiger partial charge in [-0.2, -0.15) is 0 Å². The van der Waals surface area contributed by atoms with Crippen molar-refractivity contribution in [3.8, 4) is 0 Å². The van der Waals surface area contributed by atoms with Crippen LogP contribution in [-0.2, 0) is 12.0 Å². The van der Waals surface area contributed by atoms with Crippen LogP contribution in [0, 0.1) is 6.92 Å². The van der Waals surface area contributed by atoms with E-state index in [0.29, 0.717) is 12.2 Å². The molecular formula is C13H16N2OS. The number of nitrogens with two attached hydrogens (primary N) is 1. The van der Waals surface area contributed by atoms with Crippen LogP contribution in [0.2, 0.25) is 0 Å². The van der Waals surface area contributed by atoms with Crippen LogP contribution in [-0.4, -0.2) is 10.1 Å². The molecule has 0 saturated heterocycles. The SMILES string of the molecule is Cc1ccc(C(C)(O)Cc2ccnc(N)c2)s1. The second kappa shape index (κ2) is 4.47. The van der Waals surface area contributed by atoms with Gasteiger partial charge in [-0.3, -0.25) is 0 Å². The van der Waals surface area contributed by atoms with E-state index in [-0.39, 0.29) is 0 Å². The minimum absolute atomic E-state index is 0.487. The summed E-state index contributed by atoms with van der Waals surface area (Å²) in [5.74, 6) is 0.487. The molecule has 0 aliphatic heterocycles. The van der Waals surface area contributed by atoms with E-state index in [1.807, 2.05) is 32.0 Å². The third kappa shape index (κ3) is 2.84. The highest BCUT2D eigenvalue weighted by atomic mass is 32.1. The summed E-state index contributed by atoms with van der Waals surface area (Å²) in [6, 6.07) is 7.68. The molecule has 17 heavy (non-hydrogen) atoms. The number of aliphatic hydroxyl groups is 1. The number of nitrogens with zero attached hydrogens (tertiary/aromatic N) is 1. The number of hydrogen-bond acceptors (Lipinski definition) is 4. The van der Waals surface area contributed by atoms with Crippen molar-refractivity contribution >= 4 is 17.2 Å². The Bertz CT molecular complexity index is 520. The van der Waals surface area contributed by atoms with Gasteiger partial charge in [-0.25, -0.2) is 4.98 Å². The molecule has 4 heteroatoms. The fourth-order valence-corrected chi connectivity index (χ4v) is 2.72. The van der Waals surface area contributed by atoms with Gasteiger partial charge in [0.2, 0.25) is 0 Å². The Morgan fingerprint density at radius 2 is 2.18 bits per heavy atom. The van der Waals surface area contributed by atoms with Crippen LogP contribution in [0.5, 0.6) is 0 Å². The maximum Gasteiger partial charge on any atom is 0.123 e. The predicted octanol–water partition coefficient (Wildman–Crippen LogP) is 2.48. The van der Waals surface area contributed by atoms with E-state index < -0.39 is 5.60 Å². The van der Waals surface area contributed by atoms with Crippen molar-refractivity contribution in [1.29, 1.82) is 0 Å². The smallest absolute Gasteiger partial charge is 0.123 e. The van der Waals surface area contributed by atoms with Gasteiger partial charge >= 0.3 is 0 Å². The van der Waals surface area contributed by atoms with Gasteiger partial charge in [0.1, 0.15) is 5.82 Å². The molecule has 3 N–H and O–H groups in total. The molecule has 1 unspecified atom stereocenters. The highest BCUT2D eigenvalue weighted by Crippen LogP contribution is 2.31. The molecule has 2 heterocycles. The van der Waals surface area contributed by atoms with Gasteiger partial charge in [0.05, 0.1) is 5.60 Å². The number of aryl methyl sites for hydroxylation is 1. The Hall–Kier alpha value is -1.39. The molecule has 0 bridgehead atoms. The van der Waals surface area contributed by atoms with Crippen LogP contribution in [0.1, 0.15) is 22.2 Å². The molecule has 0 amide bonds. The van der Waals surface area contributed by atoms with Crippen molar-refractivity contribution in [3.63, 3.8) is 0 Å². The van der Waals surface area contributed by atoms with Gasteiger partial charge in [0.25, 0.3) is 0 Å². The number of nitrogen functional groups attached to an aromatic ring is 1. The van der Waals surface area contributed by atoms with E-state index in [2.05, 4.69) is 4.98 Å². The number of rotatable bonds is 3. The molecular weight excluding hydrogens is 232 g/mol. The zero-order valence-electron chi connectivity index (χ0n) is 9.97. The van der Waals surface area contributed by atoms with Crippen LogP contribution in [0.3, 0.4) is 0 Å². The third-order valence-corrected chi connectivity index (χ3v) is 3.92. The quantitative estimate of drug-likeness (QED) is 0.877. The Morgan fingerprint density at radius 3 is 2.76 bits per heavy atom. The van der Waals surface area contributed by atoms with E-state index in [1.54, 1.807) is 23.6 Å². The molecule has 0 aliphatic rings. The molecule has 0 fully saturated rings. The summed E-state index contributed by atoms with van der Waals surface area (Å²) in [7, 11) is 0. The average molecular weight is 248 g/mol. The van der Waals surface area contributed by atoms with E-state index in [9.17, 15) is 5.11 Å². The first-order chi connectivity index (χ1) is 7.97. The molecule has 2 aromatic heterocycles. The average Bonchev–Trinajstić information content (AvgIpc) is 2.65. The molecule has 2 aromatic rings. The molecule has 0 saturated carbocycles. The normalized spacial score (nSPS) is 14.5. The van der Waals surface area contributed by atoms with E-state index in [4.69, 9.17) is 5.73 Å². The Balaban J connectivity index is 2.22. The maximum absolute atomic E-state index is 10.5. The number of pyridine rings is 1. The predicted molar refractivity (Wildman–Crippen MR) is 71.0 cm³/mol. The fourth-order valence-electron chi connectivity index (χ4n) is 1.81. The number of thiophene rings is 1. The lowest BCUT2D eigenvalue weighted by atomic mass is 9.95. The summed E-state index contributed by atoms with van der Waals surface area (Å²) in [5, 5.41) is 10.5. The van der Waals surface area contributed by atoms with Gasteiger partial charge in [0, 0.05) is 22.4 Å². The van der Waals surface area contributed by atoms with Crippen LogP contribution < -0.4 is 5.73 Å². The van der Waals surface area contributed by atoms with Crippen molar-refractivity contribution in [2.45, 2.75) is 25.9 Å². The molecule has 2 rings (SSSR count). The first-order valence-corrected chi connectivity index (χ1v) is 6.29. The van der Waals surface area contributed by atoms with Gasteiger partial charge in [-0.1, -0.05) is 0 Å². The molecule has 3 nitrogen and oxygen atoms in total. The Labute approximate surface area is 105 Å². The number of anilines is 1. The molecule has 90 valence electrons. The molecule has 1 atom stereocenters. The molecule has 0 aliphatic carbocycles. The summed E-state index contributed by atoms with van der Waals surface area (Å²) < 4.78 is 0. The Morgan fingerprint density at radius 1 is 1.41 bits per heavy atom. The zero-order valence-corrected chi connectivity index (χ0v) is 10.8. The second-order valence-corrected chi connectivity index (χ2v) is 5.74. The van der Waals surface area contributed by atoms with Crippen molar-refractivity contribution in [3.05, 3.63) is 45.8 Å². The van der Waals surface area contributed by atoms with Gasteiger partial charge < -0.3 is 10.8 Å². The van der Waals surface area contributed by atoms with E-state index in [1.165, 1.54) is 4.88 Å². The van der Waals surface area contributed by atoms with Crippen molar-refractivity contribution in [2.75, 3.05) is 5.73 Å². The maximum atomic E-state index is 10.5. The standard InChI is InChI=1S/C13H16N2OS/c1-9-3-4-11(17-9)13(2,16)8-10-5-6-15-12(14)7-10/h3-7,16H,8H2,1-2H3,(H2,14,15). The van der Waals surface area contributed by atoms with Gasteiger partial charge in [0.15, 0.2) is 0 Å². The lowest BCUT2D eigenvalue weighted by molar-refractivity contribution is 0.0615.